The van der Waals surface area contributed by atoms with Crippen LogP contribution in [-0.4, -0.2) is 53.4 Å². The van der Waals surface area contributed by atoms with E-state index in [-0.39, 0.29) is 23.7 Å². The minimum Gasteiger partial charge on any atom is -0.493 e. The Hall–Kier alpha value is -2.73. The van der Waals surface area contributed by atoms with Crippen LogP contribution in [-0.2, 0) is 11.2 Å². The van der Waals surface area contributed by atoms with Crippen molar-refractivity contribution >= 4 is 11.5 Å². The van der Waals surface area contributed by atoms with Crippen LogP contribution in [0.2, 0.25) is 0 Å². The van der Waals surface area contributed by atoms with Gasteiger partial charge < -0.3 is 23.8 Å². The van der Waals surface area contributed by atoms with E-state index in [1.165, 1.54) is 23.2 Å². The zero-order chi connectivity index (χ0) is 25.1. The molecule has 6 nitrogen and oxygen atoms in total. The number of ketones is 1. The second-order valence-electron chi connectivity index (χ2n) is 9.76. The smallest absolute Gasteiger partial charge is 0.203 e. The summed E-state index contributed by atoms with van der Waals surface area (Å²) in [4.78, 5) is 16.4. The molecule has 1 heterocycles. The summed E-state index contributed by atoms with van der Waals surface area (Å²) >= 11 is 0. The van der Waals surface area contributed by atoms with E-state index < -0.39 is 0 Å². The average molecular weight is 482 g/mol. The van der Waals surface area contributed by atoms with Crippen LogP contribution in [0.1, 0.15) is 66.4 Å². The molecule has 0 N–H and O–H groups in total. The molecule has 2 aliphatic rings. The summed E-state index contributed by atoms with van der Waals surface area (Å²) in [5.74, 6) is 1.54. The van der Waals surface area contributed by atoms with E-state index in [1.807, 2.05) is 0 Å². The molecule has 2 aromatic carbocycles. The molecule has 6 heteroatoms. The monoisotopic (exact) mass is 481 g/mol. The molecule has 2 aromatic rings. The maximum absolute atomic E-state index is 14.0. The number of Topliss-reactive ketones (excluding diaryl/α,β-unsaturated/α-hetero) is 1. The first-order valence-corrected chi connectivity index (χ1v) is 12.7. The molecular weight excluding hydrogens is 442 g/mol. The maximum Gasteiger partial charge on any atom is 0.203 e. The third kappa shape index (κ3) is 4.86. The summed E-state index contributed by atoms with van der Waals surface area (Å²) in [6.45, 7) is 2.26. The number of hydrogen-bond acceptors (Lipinski definition) is 6. The standard InChI is InChI=1S/C29H39NO5/c1-7-21-10-8-19-14-18(9-13-25(19)30(21)2)23-12-11-22(32-3)17-24(23)28(31)20-15-26(33-4)29(35-6)27(16-20)34-5/h9,13-16,21-24H,7-8,10-12,17H2,1-6H3. The van der Waals surface area contributed by atoms with Crippen molar-refractivity contribution in [3.05, 3.63) is 47.0 Å². The molecule has 4 unspecified atom stereocenters. The molecule has 1 aliphatic carbocycles. The largest absolute Gasteiger partial charge is 0.493 e. The number of nitrogens with zero attached hydrogens (tertiary/aromatic N) is 1. The van der Waals surface area contributed by atoms with Gasteiger partial charge in [0.2, 0.25) is 5.75 Å². The quantitative estimate of drug-likeness (QED) is 0.454. The average Bonchev–Trinajstić information content (AvgIpc) is 2.91. The molecule has 0 bridgehead atoms. The highest BCUT2D eigenvalue weighted by Gasteiger charge is 2.38. The summed E-state index contributed by atoms with van der Waals surface area (Å²) in [6.07, 6.45) is 6.07. The highest BCUT2D eigenvalue weighted by molar-refractivity contribution is 5.99. The van der Waals surface area contributed by atoms with E-state index in [2.05, 4.69) is 37.1 Å². The van der Waals surface area contributed by atoms with Crippen molar-refractivity contribution in [2.75, 3.05) is 40.4 Å². The van der Waals surface area contributed by atoms with Crippen LogP contribution in [0.4, 0.5) is 5.69 Å². The van der Waals surface area contributed by atoms with Crippen molar-refractivity contribution in [2.45, 2.75) is 63.5 Å². The number of benzene rings is 2. The van der Waals surface area contributed by atoms with Crippen molar-refractivity contribution in [1.29, 1.82) is 0 Å². The number of hydrogen-bond donors (Lipinski definition) is 0. The summed E-state index contributed by atoms with van der Waals surface area (Å²) in [7, 11) is 8.65. The number of fused-ring (bicyclic) bond motifs is 1. The summed E-state index contributed by atoms with van der Waals surface area (Å²) in [6, 6.07) is 11.0. The first kappa shape index (κ1) is 25.4. The van der Waals surface area contributed by atoms with Gasteiger partial charge in [-0.25, -0.2) is 0 Å². The predicted molar refractivity (Wildman–Crippen MR) is 139 cm³/mol. The number of aryl methyl sites for hydroxylation is 1. The highest BCUT2D eigenvalue weighted by Crippen LogP contribution is 2.45. The van der Waals surface area contributed by atoms with E-state index in [0.29, 0.717) is 35.3 Å². The second-order valence-corrected chi connectivity index (χ2v) is 9.76. The number of methoxy groups -OCH3 is 4. The highest BCUT2D eigenvalue weighted by atomic mass is 16.5. The number of carbonyl (C=O) groups excluding carboxylic acids is 1. The van der Waals surface area contributed by atoms with E-state index in [1.54, 1.807) is 40.6 Å². The molecule has 190 valence electrons. The van der Waals surface area contributed by atoms with Gasteiger partial charge in [-0.1, -0.05) is 19.1 Å². The molecule has 4 atom stereocenters. The molecule has 0 aromatic heterocycles. The second kappa shape index (κ2) is 10.9. The molecule has 0 amide bonds. The molecule has 1 aliphatic heterocycles. The normalized spacial score (nSPS) is 24.0. The van der Waals surface area contributed by atoms with Crippen molar-refractivity contribution in [3.8, 4) is 17.2 Å². The maximum atomic E-state index is 14.0. The molecule has 0 saturated heterocycles. The fraction of sp³-hybridized carbons (Fsp3) is 0.552. The van der Waals surface area contributed by atoms with Gasteiger partial charge in [-0.2, -0.15) is 0 Å². The van der Waals surface area contributed by atoms with Crippen molar-refractivity contribution in [1.82, 2.24) is 0 Å². The molecule has 1 saturated carbocycles. The third-order valence-electron chi connectivity index (χ3n) is 8.10. The number of rotatable bonds is 8. The fourth-order valence-electron chi connectivity index (χ4n) is 6.04. The van der Waals surface area contributed by atoms with Crippen LogP contribution in [0, 0.1) is 5.92 Å². The zero-order valence-electron chi connectivity index (χ0n) is 21.9. The number of carbonyl (C=O) groups is 1. The van der Waals surface area contributed by atoms with Crippen LogP contribution < -0.4 is 19.1 Å². The number of anilines is 1. The summed E-state index contributed by atoms with van der Waals surface area (Å²) in [5.41, 5.74) is 4.55. The van der Waals surface area contributed by atoms with Crippen molar-refractivity contribution in [3.63, 3.8) is 0 Å². The first-order chi connectivity index (χ1) is 16.9. The topological polar surface area (TPSA) is 57.2 Å². The van der Waals surface area contributed by atoms with Crippen LogP contribution in [0.25, 0.3) is 0 Å². The molecule has 0 spiro atoms. The van der Waals surface area contributed by atoms with Crippen molar-refractivity contribution < 1.29 is 23.7 Å². The Morgan fingerprint density at radius 3 is 2.29 bits per heavy atom. The minimum atomic E-state index is -0.181. The van der Waals surface area contributed by atoms with Gasteiger partial charge in [0.1, 0.15) is 0 Å². The Bertz CT molecular complexity index is 1030. The lowest BCUT2D eigenvalue weighted by atomic mass is 9.71. The Kier molecular flexibility index (Phi) is 7.90. The molecule has 35 heavy (non-hydrogen) atoms. The Balaban J connectivity index is 1.69. The van der Waals surface area contributed by atoms with Gasteiger partial charge in [-0.15, -0.1) is 0 Å². The SMILES string of the molecule is CCC1CCc2cc(C3CCC(OC)CC3C(=O)c3cc(OC)c(OC)c(OC)c3)ccc2N1C. The van der Waals surface area contributed by atoms with E-state index in [0.717, 1.165) is 25.7 Å². The van der Waals surface area contributed by atoms with Crippen LogP contribution >= 0.6 is 0 Å². The molecule has 4 rings (SSSR count). The lowest BCUT2D eigenvalue weighted by Gasteiger charge is -2.38. The van der Waals surface area contributed by atoms with Crippen LogP contribution in [0.15, 0.2) is 30.3 Å². The summed E-state index contributed by atoms with van der Waals surface area (Å²) < 4.78 is 22.2. The van der Waals surface area contributed by atoms with Gasteiger partial charge in [0.15, 0.2) is 17.3 Å². The van der Waals surface area contributed by atoms with Crippen LogP contribution in [0.5, 0.6) is 17.2 Å². The number of ether oxygens (including phenoxy) is 4. The van der Waals surface area contributed by atoms with Gasteiger partial charge in [0.25, 0.3) is 0 Å². The Morgan fingerprint density at radius 2 is 1.69 bits per heavy atom. The first-order valence-electron chi connectivity index (χ1n) is 12.7. The van der Waals surface area contributed by atoms with Gasteiger partial charge in [0.05, 0.1) is 27.4 Å². The third-order valence-corrected chi connectivity index (χ3v) is 8.10. The van der Waals surface area contributed by atoms with Crippen molar-refractivity contribution in [2.24, 2.45) is 5.92 Å². The molecule has 1 fully saturated rings. The lowest BCUT2D eigenvalue weighted by molar-refractivity contribution is 0.0389. The van der Waals surface area contributed by atoms with E-state index >= 15 is 0 Å². The van der Waals surface area contributed by atoms with Gasteiger partial charge in [0, 0.05) is 37.4 Å². The summed E-state index contributed by atoms with van der Waals surface area (Å²) in [5, 5.41) is 0. The van der Waals surface area contributed by atoms with Crippen LogP contribution in [0.3, 0.4) is 0 Å². The fourth-order valence-corrected chi connectivity index (χ4v) is 6.04. The predicted octanol–water partition coefficient (Wildman–Crippen LogP) is 5.66. The van der Waals surface area contributed by atoms with Gasteiger partial charge in [-0.3, -0.25) is 4.79 Å². The molecule has 0 radical (unpaired) electrons. The molecular formula is C29H39NO5. The minimum absolute atomic E-state index is 0.0799. The van der Waals surface area contributed by atoms with Gasteiger partial charge in [-0.05, 0) is 73.8 Å². The Morgan fingerprint density at radius 1 is 0.971 bits per heavy atom. The Labute approximate surface area is 209 Å². The van der Waals surface area contributed by atoms with Gasteiger partial charge >= 0.3 is 0 Å². The van der Waals surface area contributed by atoms with E-state index in [9.17, 15) is 4.79 Å². The zero-order valence-corrected chi connectivity index (χ0v) is 21.9. The van der Waals surface area contributed by atoms with E-state index in [4.69, 9.17) is 18.9 Å². The lowest BCUT2D eigenvalue weighted by Crippen LogP contribution is -2.36.